The van der Waals surface area contributed by atoms with Crippen LogP contribution in [0.1, 0.15) is 39.0 Å². The smallest absolute Gasteiger partial charge is 0.366 e. The molecule has 1 aliphatic rings. The highest BCUT2D eigenvalue weighted by Crippen LogP contribution is 2.29. The van der Waals surface area contributed by atoms with Crippen LogP contribution >= 0.6 is 0 Å². The highest BCUT2D eigenvalue weighted by Gasteiger charge is 2.26. The van der Waals surface area contributed by atoms with Crippen LogP contribution in [-0.2, 0) is 9.53 Å². The van der Waals surface area contributed by atoms with Crippen molar-refractivity contribution in [1.82, 2.24) is 0 Å². The van der Waals surface area contributed by atoms with E-state index in [4.69, 9.17) is 9.84 Å². The zero-order valence-corrected chi connectivity index (χ0v) is 8.41. The van der Waals surface area contributed by atoms with Crippen LogP contribution < -0.4 is 0 Å². The molecule has 82 valence electrons. The lowest BCUT2D eigenvalue weighted by atomic mass is 9.85. The Morgan fingerprint density at radius 3 is 2.93 bits per heavy atom. The number of rotatable bonds is 4. The van der Waals surface area contributed by atoms with Crippen LogP contribution in [0.25, 0.3) is 0 Å². The van der Waals surface area contributed by atoms with Crippen molar-refractivity contribution >= 4 is 5.97 Å². The lowest BCUT2D eigenvalue weighted by molar-refractivity contribution is -0.173. The van der Waals surface area contributed by atoms with E-state index in [-0.39, 0.29) is 6.10 Å². The van der Waals surface area contributed by atoms with Crippen LogP contribution in [0.15, 0.2) is 0 Å². The number of hydrogen-bond donors (Lipinski definition) is 1. The summed E-state index contributed by atoms with van der Waals surface area (Å²) in [5.74, 6) is -0.960. The quantitative estimate of drug-likeness (QED) is 0.764. The number of halogens is 1. The molecule has 3 nitrogen and oxygen atoms in total. The molecule has 0 amide bonds. The molecule has 14 heavy (non-hydrogen) atoms. The Hall–Kier alpha value is -0.640. The molecule has 0 aromatic carbocycles. The van der Waals surface area contributed by atoms with Gasteiger partial charge in [-0.25, -0.2) is 9.18 Å². The first-order chi connectivity index (χ1) is 6.63. The molecule has 1 fully saturated rings. The number of carboxylic acid groups (broad SMARTS) is 1. The highest BCUT2D eigenvalue weighted by molar-refractivity contribution is 5.70. The third-order valence-electron chi connectivity index (χ3n) is 2.82. The van der Waals surface area contributed by atoms with E-state index in [1.807, 2.05) is 0 Å². The normalized spacial score (nSPS) is 29.9. The van der Waals surface area contributed by atoms with Gasteiger partial charge in [0.15, 0.2) is 0 Å². The number of carboxylic acids is 1. The van der Waals surface area contributed by atoms with Gasteiger partial charge in [-0.2, -0.15) is 0 Å². The van der Waals surface area contributed by atoms with Crippen LogP contribution in [-0.4, -0.2) is 23.5 Å². The molecule has 1 rings (SSSR count). The molecule has 3 unspecified atom stereocenters. The number of carbonyl (C=O) groups is 1. The first kappa shape index (κ1) is 11.4. The standard InChI is InChI=1S/C10H17FO3/c1-2-7-4-3-5-8(6-7)14-9(11)10(12)13/h7-9H,2-6H2,1H3,(H,12,13). The monoisotopic (exact) mass is 204 g/mol. The Balaban J connectivity index is 2.33. The fourth-order valence-electron chi connectivity index (χ4n) is 1.96. The van der Waals surface area contributed by atoms with Gasteiger partial charge in [0, 0.05) is 0 Å². The molecule has 0 aliphatic heterocycles. The lowest BCUT2D eigenvalue weighted by Crippen LogP contribution is -2.29. The van der Waals surface area contributed by atoms with E-state index in [1.54, 1.807) is 0 Å². The van der Waals surface area contributed by atoms with Crippen molar-refractivity contribution in [1.29, 1.82) is 0 Å². The number of hydrogen-bond acceptors (Lipinski definition) is 2. The highest BCUT2D eigenvalue weighted by atomic mass is 19.1. The van der Waals surface area contributed by atoms with Crippen molar-refractivity contribution in [3.8, 4) is 0 Å². The minimum atomic E-state index is -2.16. The van der Waals surface area contributed by atoms with Crippen molar-refractivity contribution in [2.24, 2.45) is 5.92 Å². The summed E-state index contributed by atoms with van der Waals surface area (Å²) in [6.45, 7) is 2.09. The first-order valence-corrected chi connectivity index (χ1v) is 5.15. The van der Waals surface area contributed by atoms with Gasteiger partial charge in [0.25, 0.3) is 6.36 Å². The molecular formula is C10H17FO3. The van der Waals surface area contributed by atoms with E-state index in [0.717, 1.165) is 32.1 Å². The van der Waals surface area contributed by atoms with Gasteiger partial charge >= 0.3 is 5.97 Å². The fourth-order valence-corrected chi connectivity index (χ4v) is 1.96. The molecule has 0 radical (unpaired) electrons. The fraction of sp³-hybridized carbons (Fsp3) is 0.900. The van der Waals surface area contributed by atoms with Crippen LogP contribution in [0.3, 0.4) is 0 Å². The van der Waals surface area contributed by atoms with E-state index < -0.39 is 12.3 Å². The summed E-state index contributed by atoms with van der Waals surface area (Å²) in [7, 11) is 0. The molecule has 0 spiro atoms. The summed E-state index contributed by atoms with van der Waals surface area (Å²) in [6, 6.07) is 0. The first-order valence-electron chi connectivity index (χ1n) is 5.15. The van der Waals surface area contributed by atoms with Crippen molar-refractivity contribution < 1.29 is 19.0 Å². The van der Waals surface area contributed by atoms with Gasteiger partial charge in [-0.1, -0.05) is 26.2 Å². The Kier molecular flexibility index (Phi) is 4.32. The van der Waals surface area contributed by atoms with Gasteiger partial charge in [0.1, 0.15) is 0 Å². The van der Waals surface area contributed by atoms with Gasteiger partial charge in [0.05, 0.1) is 6.10 Å². The maximum Gasteiger partial charge on any atom is 0.366 e. The predicted molar refractivity (Wildman–Crippen MR) is 49.7 cm³/mol. The molecule has 0 aromatic rings. The second-order valence-electron chi connectivity index (χ2n) is 3.85. The van der Waals surface area contributed by atoms with E-state index in [0.29, 0.717) is 5.92 Å². The molecule has 1 saturated carbocycles. The summed E-state index contributed by atoms with van der Waals surface area (Å²) >= 11 is 0. The number of ether oxygens (including phenoxy) is 1. The van der Waals surface area contributed by atoms with Crippen molar-refractivity contribution in [2.75, 3.05) is 0 Å². The van der Waals surface area contributed by atoms with Gasteiger partial charge in [-0.05, 0) is 18.8 Å². The summed E-state index contributed by atoms with van der Waals surface area (Å²) in [5, 5.41) is 8.34. The Labute approximate surface area is 83.3 Å². The summed E-state index contributed by atoms with van der Waals surface area (Å²) < 4.78 is 17.5. The minimum Gasteiger partial charge on any atom is -0.477 e. The maximum atomic E-state index is 12.7. The Morgan fingerprint density at radius 2 is 2.36 bits per heavy atom. The molecule has 1 N–H and O–H groups in total. The average molecular weight is 204 g/mol. The summed E-state index contributed by atoms with van der Waals surface area (Å²) in [6.07, 6.45) is 2.43. The molecule has 0 saturated heterocycles. The van der Waals surface area contributed by atoms with Crippen LogP contribution in [0.2, 0.25) is 0 Å². The van der Waals surface area contributed by atoms with E-state index >= 15 is 0 Å². The van der Waals surface area contributed by atoms with Gasteiger partial charge in [-0.3, -0.25) is 0 Å². The average Bonchev–Trinajstić information content (AvgIpc) is 2.18. The Morgan fingerprint density at radius 1 is 1.64 bits per heavy atom. The van der Waals surface area contributed by atoms with Crippen LogP contribution in [0, 0.1) is 5.92 Å². The van der Waals surface area contributed by atoms with Crippen LogP contribution in [0.5, 0.6) is 0 Å². The lowest BCUT2D eigenvalue weighted by Gasteiger charge is -2.28. The zero-order valence-electron chi connectivity index (χ0n) is 8.41. The van der Waals surface area contributed by atoms with E-state index in [1.165, 1.54) is 0 Å². The third-order valence-corrected chi connectivity index (χ3v) is 2.82. The molecule has 3 atom stereocenters. The number of aliphatic carboxylic acids is 1. The van der Waals surface area contributed by atoms with E-state index in [9.17, 15) is 9.18 Å². The molecule has 1 aliphatic carbocycles. The molecule has 4 heteroatoms. The molecule has 0 bridgehead atoms. The van der Waals surface area contributed by atoms with Crippen molar-refractivity contribution in [3.05, 3.63) is 0 Å². The Bertz CT molecular complexity index is 196. The second-order valence-corrected chi connectivity index (χ2v) is 3.85. The summed E-state index contributed by atoms with van der Waals surface area (Å²) in [5.41, 5.74) is 0. The van der Waals surface area contributed by atoms with Gasteiger partial charge in [-0.15, -0.1) is 0 Å². The SMILES string of the molecule is CCC1CCCC(OC(F)C(=O)O)C1. The van der Waals surface area contributed by atoms with E-state index in [2.05, 4.69) is 6.92 Å². The van der Waals surface area contributed by atoms with Gasteiger partial charge < -0.3 is 9.84 Å². The van der Waals surface area contributed by atoms with Crippen LogP contribution in [0.4, 0.5) is 4.39 Å². The summed E-state index contributed by atoms with van der Waals surface area (Å²) in [4.78, 5) is 10.2. The maximum absolute atomic E-state index is 12.7. The molecule has 0 aromatic heterocycles. The number of alkyl halides is 1. The van der Waals surface area contributed by atoms with Crippen molar-refractivity contribution in [3.63, 3.8) is 0 Å². The topological polar surface area (TPSA) is 46.5 Å². The third kappa shape index (κ3) is 3.25. The van der Waals surface area contributed by atoms with Gasteiger partial charge in [0.2, 0.25) is 0 Å². The second kappa shape index (κ2) is 5.29. The largest absolute Gasteiger partial charge is 0.477 e. The van der Waals surface area contributed by atoms with Crippen molar-refractivity contribution in [2.45, 2.75) is 51.5 Å². The predicted octanol–water partition coefficient (Wildman–Crippen LogP) is 2.35. The molecule has 0 heterocycles. The zero-order chi connectivity index (χ0) is 10.6. The minimum absolute atomic E-state index is 0.209. The molecular weight excluding hydrogens is 187 g/mol.